The number of carbonyl (C=O) groups excluding carboxylic acids is 1. The van der Waals surface area contributed by atoms with E-state index in [-0.39, 0.29) is 22.4 Å². The van der Waals surface area contributed by atoms with E-state index in [1.54, 1.807) is 0 Å². The Hall–Kier alpha value is -1.31. The Morgan fingerprint density at radius 1 is 1.03 bits per heavy atom. The summed E-state index contributed by atoms with van der Waals surface area (Å²) in [5, 5.41) is 0. The fraction of sp³-hybridized carbons (Fsp3) is 0.759. The Kier molecular flexibility index (Phi) is 5.85. The summed E-state index contributed by atoms with van der Waals surface area (Å²) >= 11 is 0. The highest BCUT2D eigenvalue weighted by atomic mass is 16.6. The van der Waals surface area contributed by atoms with Gasteiger partial charge in [-0.15, -0.1) is 0 Å². The van der Waals surface area contributed by atoms with Crippen LogP contribution in [0.5, 0.6) is 0 Å². The summed E-state index contributed by atoms with van der Waals surface area (Å²) in [4.78, 5) is 13.3. The highest BCUT2D eigenvalue weighted by molar-refractivity contribution is 5.89. The van der Waals surface area contributed by atoms with Crippen molar-refractivity contribution in [2.24, 2.45) is 34.5 Å². The molecule has 0 spiro atoms. The molecule has 172 valence electrons. The molecule has 0 aromatic heterocycles. The molecule has 1 aromatic carbocycles. The molecule has 0 saturated heterocycles. The second kappa shape index (κ2) is 7.92. The SMILES string of the molecule is CCC(C)(C)C(CC(C)(C)C)c1ccc(C(=O)OC2(CC)C3CC4CC(C3)C2C4)cc1. The van der Waals surface area contributed by atoms with E-state index in [4.69, 9.17) is 4.74 Å². The number of rotatable bonds is 7. The standard InChI is InChI=1S/C29H44O2/c1-8-28(6,7)25(18-27(3,4)5)20-10-12-21(13-11-20)26(30)31-29(9-2)23-15-19-14-22(17-23)24(29)16-19/h10-13,19,22-25H,8-9,14-18H2,1-7H3. The maximum Gasteiger partial charge on any atom is 0.338 e. The van der Waals surface area contributed by atoms with Crippen LogP contribution in [0.15, 0.2) is 24.3 Å². The number of hydrogen-bond donors (Lipinski definition) is 0. The van der Waals surface area contributed by atoms with Gasteiger partial charge >= 0.3 is 5.97 Å². The summed E-state index contributed by atoms with van der Waals surface area (Å²) in [6, 6.07) is 8.42. The lowest BCUT2D eigenvalue weighted by Gasteiger charge is -2.43. The molecule has 0 heterocycles. The Morgan fingerprint density at radius 3 is 2.26 bits per heavy atom. The molecule has 4 saturated carbocycles. The lowest BCUT2D eigenvalue weighted by atomic mass is 9.67. The molecule has 0 radical (unpaired) electrons. The Bertz CT molecular complexity index is 795. The molecule has 31 heavy (non-hydrogen) atoms. The number of esters is 1. The van der Waals surface area contributed by atoms with Crippen LogP contribution < -0.4 is 0 Å². The third-order valence-electron chi connectivity index (χ3n) is 9.37. The van der Waals surface area contributed by atoms with Gasteiger partial charge in [-0.3, -0.25) is 0 Å². The van der Waals surface area contributed by atoms with Crippen molar-refractivity contribution >= 4 is 5.97 Å². The summed E-state index contributed by atoms with van der Waals surface area (Å²) in [6.07, 6.45) is 8.45. The van der Waals surface area contributed by atoms with Crippen LogP contribution in [0.3, 0.4) is 0 Å². The molecule has 2 nitrogen and oxygen atoms in total. The highest BCUT2D eigenvalue weighted by Crippen LogP contribution is 2.65. The van der Waals surface area contributed by atoms with Gasteiger partial charge in [0.1, 0.15) is 5.60 Å². The molecule has 5 rings (SSSR count). The number of hydrogen-bond acceptors (Lipinski definition) is 2. The Balaban J connectivity index is 1.53. The lowest BCUT2D eigenvalue weighted by molar-refractivity contribution is -0.0855. The van der Waals surface area contributed by atoms with Crippen LogP contribution >= 0.6 is 0 Å². The van der Waals surface area contributed by atoms with Gasteiger partial charge in [0.25, 0.3) is 0 Å². The van der Waals surface area contributed by atoms with Crippen LogP contribution in [-0.4, -0.2) is 11.6 Å². The zero-order valence-corrected chi connectivity index (χ0v) is 21.0. The van der Waals surface area contributed by atoms with Gasteiger partial charge < -0.3 is 4.74 Å². The molecule has 4 bridgehead atoms. The van der Waals surface area contributed by atoms with Crippen molar-refractivity contribution in [2.75, 3.05) is 0 Å². The Morgan fingerprint density at radius 2 is 1.71 bits per heavy atom. The molecule has 0 amide bonds. The minimum absolute atomic E-state index is 0.105. The zero-order chi connectivity index (χ0) is 22.6. The average molecular weight is 425 g/mol. The van der Waals surface area contributed by atoms with E-state index in [2.05, 4.69) is 60.6 Å². The van der Waals surface area contributed by atoms with E-state index in [0.29, 0.717) is 17.8 Å². The minimum atomic E-state index is -0.202. The van der Waals surface area contributed by atoms with E-state index in [1.807, 2.05) is 12.1 Å². The van der Waals surface area contributed by atoms with Crippen molar-refractivity contribution in [3.8, 4) is 0 Å². The molecule has 4 aliphatic rings. The first-order valence-electron chi connectivity index (χ1n) is 12.8. The number of benzene rings is 1. The van der Waals surface area contributed by atoms with Crippen molar-refractivity contribution in [2.45, 2.75) is 105 Å². The Labute approximate surface area is 190 Å². The van der Waals surface area contributed by atoms with Gasteiger partial charge in [-0.25, -0.2) is 4.79 Å². The maximum absolute atomic E-state index is 13.3. The normalized spacial score (nSPS) is 33.0. The van der Waals surface area contributed by atoms with E-state index in [0.717, 1.165) is 36.7 Å². The molecule has 0 aliphatic heterocycles. The van der Waals surface area contributed by atoms with Crippen LogP contribution in [0.1, 0.15) is 115 Å². The van der Waals surface area contributed by atoms with Gasteiger partial charge in [-0.2, -0.15) is 0 Å². The van der Waals surface area contributed by atoms with Gasteiger partial charge in [0.2, 0.25) is 0 Å². The van der Waals surface area contributed by atoms with E-state index in [9.17, 15) is 4.79 Å². The molecule has 6 unspecified atom stereocenters. The number of ether oxygens (including phenoxy) is 1. The third kappa shape index (κ3) is 4.09. The van der Waals surface area contributed by atoms with Crippen LogP contribution in [-0.2, 0) is 4.74 Å². The molecule has 1 aromatic rings. The first-order chi connectivity index (χ1) is 14.5. The van der Waals surface area contributed by atoms with E-state index >= 15 is 0 Å². The second-order valence-electron chi connectivity index (χ2n) is 12.9. The van der Waals surface area contributed by atoms with Crippen LogP contribution in [0, 0.1) is 34.5 Å². The molecular weight excluding hydrogens is 380 g/mol. The van der Waals surface area contributed by atoms with Gasteiger partial charge in [-0.1, -0.05) is 67.0 Å². The maximum atomic E-state index is 13.3. The minimum Gasteiger partial charge on any atom is -0.455 e. The average Bonchev–Trinajstić information content (AvgIpc) is 3.12. The summed E-state index contributed by atoms with van der Waals surface area (Å²) in [5.74, 6) is 3.26. The predicted octanol–water partition coefficient (Wildman–Crippen LogP) is 8.01. The fourth-order valence-corrected chi connectivity index (χ4v) is 7.43. The van der Waals surface area contributed by atoms with Crippen molar-refractivity contribution in [1.29, 1.82) is 0 Å². The monoisotopic (exact) mass is 424 g/mol. The van der Waals surface area contributed by atoms with Crippen molar-refractivity contribution < 1.29 is 9.53 Å². The molecule has 2 heteroatoms. The first-order valence-corrected chi connectivity index (χ1v) is 12.8. The summed E-state index contributed by atoms with van der Waals surface area (Å²) < 4.78 is 6.43. The van der Waals surface area contributed by atoms with Gasteiger partial charge in [0.15, 0.2) is 0 Å². The van der Waals surface area contributed by atoms with Crippen molar-refractivity contribution in [3.05, 3.63) is 35.4 Å². The van der Waals surface area contributed by atoms with Crippen molar-refractivity contribution in [3.63, 3.8) is 0 Å². The molecule has 6 atom stereocenters. The predicted molar refractivity (Wildman–Crippen MR) is 128 cm³/mol. The van der Waals surface area contributed by atoms with Crippen LogP contribution in [0.2, 0.25) is 0 Å². The third-order valence-corrected chi connectivity index (χ3v) is 9.37. The molecule has 4 aliphatic carbocycles. The zero-order valence-electron chi connectivity index (χ0n) is 21.0. The second-order valence-corrected chi connectivity index (χ2v) is 12.9. The van der Waals surface area contributed by atoms with E-state index in [1.165, 1.54) is 31.2 Å². The van der Waals surface area contributed by atoms with Crippen molar-refractivity contribution in [1.82, 2.24) is 0 Å². The first kappa shape index (κ1) is 22.9. The topological polar surface area (TPSA) is 26.3 Å². The smallest absolute Gasteiger partial charge is 0.338 e. The van der Waals surface area contributed by atoms with E-state index < -0.39 is 0 Å². The lowest BCUT2D eigenvalue weighted by Crippen LogP contribution is -2.47. The molecular formula is C29H44O2. The highest BCUT2D eigenvalue weighted by Gasteiger charge is 2.63. The van der Waals surface area contributed by atoms with Crippen LogP contribution in [0.4, 0.5) is 0 Å². The summed E-state index contributed by atoms with van der Waals surface area (Å²) in [6.45, 7) is 16.2. The fourth-order valence-electron chi connectivity index (χ4n) is 7.43. The number of carbonyl (C=O) groups is 1. The van der Waals surface area contributed by atoms with Gasteiger partial charge in [0, 0.05) is 5.92 Å². The quantitative estimate of drug-likeness (QED) is 0.414. The van der Waals surface area contributed by atoms with Gasteiger partial charge in [-0.05, 0) is 90.7 Å². The molecule has 4 fully saturated rings. The van der Waals surface area contributed by atoms with Gasteiger partial charge in [0.05, 0.1) is 5.56 Å². The molecule has 0 N–H and O–H groups in total. The summed E-state index contributed by atoms with van der Waals surface area (Å²) in [7, 11) is 0. The largest absolute Gasteiger partial charge is 0.455 e. The summed E-state index contributed by atoms with van der Waals surface area (Å²) in [5.41, 5.74) is 2.36. The van der Waals surface area contributed by atoms with Crippen LogP contribution in [0.25, 0.3) is 0 Å².